The molecule has 0 N–H and O–H groups in total. The number of hydrogen-bond acceptors (Lipinski definition) is 4. The maximum Gasteiger partial charge on any atom is 0.191 e. The van der Waals surface area contributed by atoms with E-state index in [4.69, 9.17) is 14.2 Å². The molecule has 1 heterocycles. The molecule has 0 fully saturated rings. The summed E-state index contributed by atoms with van der Waals surface area (Å²) >= 11 is 0. The van der Waals surface area contributed by atoms with E-state index in [-0.39, 0.29) is 6.29 Å². The van der Waals surface area contributed by atoms with Gasteiger partial charge < -0.3 is 14.2 Å². The van der Waals surface area contributed by atoms with Gasteiger partial charge in [0.05, 0.1) is 5.69 Å². The van der Waals surface area contributed by atoms with E-state index in [1.54, 1.807) is 20.4 Å². The fraction of sp³-hybridized carbons (Fsp3) is 0.235. The number of aromatic nitrogens is 1. The third kappa shape index (κ3) is 4.70. The second kappa shape index (κ2) is 8.19. The summed E-state index contributed by atoms with van der Waals surface area (Å²) in [6.07, 6.45) is 5.32. The summed E-state index contributed by atoms with van der Waals surface area (Å²) < 4.78 is 16.0. The Hall–Kier alpha value is -2.17. The normalized spacial score (nSPS) is 11.2. The molecule has 4 heteroatoms. The molecule has 110 valence electrons. The van der Waals surface area contributed by atoms with E-state index in [0.717, 1.165) is 17.0 Å². The first-order valence-corrected chi connectivity index (χ1v) is 6.70. The molecule has 0 atom stereocenters. The number of rotatable bonds is 7. The summed E-state index contributed by atoms with van der Waals surface area (Å²) in [4.78, 5) is 4.26. The van der Waals surface area contributed by atoms with E-state index in [9.17, 15) is 0 Å². The SMILES string of the molecule is COC(COc1ccccc1/C=C/c1ccccn1)OC. The first kappa shape index (κ1) is 15.2. The molecule has 21 heavy (non-hydrogen) atoms. The second-order valence-electron chi connectivity index (χ2n) is 4.34. The quantitative estimate of drug-likeness (QED) is 0.732. The Bertz CT molecular complexity index is 565. The van der Waals surface area contributed by atoms with Crippen molar-refractivity contribution in [3.63, 3.8) is 0 Å². The van der Waals surface area contributed by atoms with Crippen LogP contribution in [-0.2, 0) is 9.47 Å². The van der Waals surface area contributed by atoms with Gasteiger partial charge in [-0.15, -0.1) is 0 Å². The first-order valence-electron chi connectivity index (χ1n) is 6.70. The van der Waals surface area contributed by atoms with Gasteiger partial charge >= 0.3 is 0 Å². The van der Waals surface area contributed by atoms with Crippen molar-refractivity contribution >= 4 is 12.2 Å². The third-order valence-corrected chi connectivity index (χ3v) is 2.94. The van der Waals surface area contributed by atoms with Crippen LogP contribution >= 0.6 is 0 Å². The van der Waals surface area contributed by atoms with E-state index in [1.165, 1.54) is 0 Å². The Morgan fingerprint density at radius 3 is 2.48 bits per heavy atom. The van der Waals surface area contributed by atoms with Crippen LogP contribution in [0.2, 0.25) is 0 Å². The summed E-state index contributed by atoms with van der Waals surface area (Å²) in [7, 11) is 3.18. The lowest BCUT2D eigenvalue weighted by atomic mass is 10.1. The highest BCUT2D eigenvalue weighted by atomic mass is 16.7. The van der Waals surface area contributed by atoms with E-state index < -0.39 is 0 Å². The maximum atomic E-state index is 5.75. The van der Waals surface area contributed by atoms with Gasteiger partial charge in [0.15, 0.2) is 6.29 Å². The number of para-hydroxylation sites is 1. The number of methoxy groups -OCH3 is 2. The van der Waals surface area contributed by atoms with Crippen molar-refractivity contribution in [2.75, 3.05) is 20.8 Å². The van der Waals surface area contributed by atoms with Crippen LogP contribution < -0.4 is 4.74 Å². The Kier molecular flexibility index (Phi) is 5.94. The van der Waals surface area contributed by atoms with Crippen molar-refractivity contribution in [1.82, 2.24) is 4.98 Å². The molecule has 0 saturated heterocycles. The molecule has 1 aromatic carbocycles. The zero-order chi connectivity index (χ0) is 14.9. The van der Waals surface area contributed by atoms with Crippen LogP contribution in [0, 0.1) is 0 Å². The zero-order valence-corrected chi connectivity index (χ0v) is 12.2. The minimum absolute atomic E-state index is 0.335. The summed E-state index contributed by atoms with van der Waals surface area (Å²) in [5, 5.41) is 0. The van der Waals surface area contributed by atoms with Crippen molar-refractivity contribution in [2.24, 2.45) is 0 Å². The molecule has 2 rings (SSSR count). The average Bonchev–Trinajstić information content (AvgIpc) is 2.56. The van der Waals surface area contributed by atoms with Gasteiger partial charge in [0.1, 0.15) is 12.4 Å². The highest BCUT2D eigenvalue weighted by Crippen LogP contribution is 2.20. The second-order valence-corrected chi connectivity index (χ2v) is 4.34. The predicted octanol–water partition coefficient (Wildman–Crippen LogP) is 3.25. The Morgan fingerprint density at radius 2 is 1.76 bits per heavy atom. The van der Waals surface area contributed by atoms with Gasteiger partial charge in [0.2, 0.25) is 0 Å². The van der Waals surface area contributed by atoms with Crippen molar-refractivity contribution in [1.29, 1.82) is 0 Å². The Balaban J connectivity index is 2.08. The highest BCUT2D eigenvalue weighted by molar-refractivity contribution is 5.71. The van der Waals surface area contributed by atoms with Gasteiger partial charge in [-0.1, -0.05) is 24.3 Å². The molecule has 0 amide bonds. The zero-order valence-electron chi connectivity index (χ0n) is 12.2. The molecule has 0 bridgehead atoms. The molecule has 0 aliphatic carbocycles. The van der Waals surface area contributed by atoms with Crippen LogP contribution in [0.3, 0.4) is 0 Å². The number of nitrogens with zero attached hydrogens (tertiary/aromatic N) is 1. The Morgan fingerprint density at radius 1 is 1.00 bits per heavy atom. The van der Waals surface area contributed by atoms with Gasteiger partial charge in [0, 0.05) is 26.0 Å². The van der Waals surface area contributed by atoms with Crippen LogP contribution in [0.4, 0.5) is 0 Å². The van der Waals surface area contributed by atoms with Crippen LogP contribution in [0.5, 0.6) is 5.75 Å². The molecule has 0 saturated carbocycles. The molecule has 4 nitrogen and oxygen atoms in total. The third-order valence-electron chi connectivity index (χ3n) is 2.94. The van der Waals surface area contributed by atoms with Crippen LogP contribution in [0.25, 0.3) is 12.2 Å². The molecule has 0 aliphatic heterocycles. The van der Waals surface area contributed by atoms with Gasteiger partial charge in [0.25, 0.3) is 0 Å². The average molecular weight is 285 g/mol. The minimum Gasteiger partial charge on any atom is -0.488 e. The minimum atomic E-state index is -0.377. The fourth-order valence-corrected chi connectivity index (χ4v) is 1.79. The summed E-state index contributed by atoms with van der Waals surface area (Å²) in [5.74, 6) is 0.781. The molecule has 2 aromatic rings. The van der Waals surface area contributed by atoms with E-state index in [0.29, 0.717) is 6.61 Å². The molecule has 0 radical (unpaired) electrons. The van der Waals surface area contributed by atoms with Gasteiger partial charge in [-0.2, -0.15) is 0 Å². The fourth-order valence-electron chi connectivity index (χ4n) is 1.79. The summed E-state index contributed by atoms with van der Waals surface area (Å²) in [6.45, 7) is 0.335. The van der Waals surface area contributed by atoms with Crippen LogP contribution in [-0.4, -0.2) is 32.1 Å². The molecular weight excluding hydrogens is 266 g/mol. The number of benzene rings is 1. The monoisotopic (exact) mass is 285 g/mol. The van der Waals surface area contributed by atoms with Crippen molar-refractivity contribution in [3.05, 3.63) is 59.9 Å². The lowest BCUT2D eigenvalue weighted by molar-refractivity contribution is -0.121. The summed E-state index contributed by atoms with van der Waals surface area (Å²) in [6, 6.07) is 13.6. The maximum absolute atomic E-state index is 5.75. The molecule has 0 spiro atoms. The van der Waals surface area contributed by atoms with Crippen molar-refractivity contribution in [2.45, 2.75) is 6.29 Å². The molecular formula is C17H19NO3. The van der Waals surface area contributed by atoms with E-state index >= 15 is 0 Å². The van der Waals surface area contributed by atoms with E-state index in [2.05, 4.69) is 4.98 Å². The van der Waals surface area contributed by atoms with Crippen molar-refractivity contribution in [3.8, 4) is 5.75 Å². The van der Waals surface area contributed by atoms with Crippen molar-refractivity contribution < 1.29 is 14.2 Å². The largest absolute Gasteiger partial charge is 0.488 e. The number of ether oxygens (including phenoxy) is 3. The highest BCUT2D eigenvalue weighted by Gasteiger charge is 2.07. The van der Waals surface area contributed by atoms with Gasteiger partial charge in [-0.05, 0) is 30.4 Å². The van der Waals surface area contributed by atoms with Gasteiger partial charge in [-0.25, -0.2) is 0 Å². The van der Waals surface area contributed by atoms with Gasteiger partial charge in [-0.3, -0.25) is 4.98 Å². The lowest BCUT2D eigenvalue weighted by Gasteiger charge is -2.15. The van der Waals surface area contributed by atoms with Crippen LogP contribution in [0.15, 0.2) is 48.7 Å². The number of hydrogen-bond donors (Lipinski definition) is 0. The van der Waals surface area contributed by atoms with E-state index in [1.807, 2.05) is 54.6 Å². The summed E-state index contributed by atoms with van der Waals surface area (Å²) in [5.41, 5.74) is 1.88. The molecule has 1 aromatic heterocycles. The number of pyridine rings is 1. The Labute approximate surface area is 125 Å². The smallest absolute Gasteiger partial charge is 0.191 e. The standard InChI is InChI=1S/C17H19NO3/c1-19-17(20-2)13-21-16-9-4-3-7-14(16)10-11-15-8-5-6-12-18-15/h3-12,17H,13H2,1-2H3/b11-10+. The van der Waals surface area contributed by atoms with Crippen LogP contribution in [0.1, 0.15) is 11.3 Å². The first-order chi connectivity index (χ1) is 10.3. The topological polar surface area (TPSA) is 40.6 Å². The molecule has 0 aliphatic rings. The predicted molar refractivity (Wildman–Crippen MR) is 82.9 cm³/mol. The lowest BCUT2D eigenvalue weighted by Crippen LogP contribution is -2.22. The molecule has 0 unspecified atom stereocenters.